The number of aromatic nitrogens is 2. The Kier molecular flexibility index (Phi) is 5.14. The Morgan fingerprint density at radius 3 is 2.21 bits per heavy atom. The van der Waals surface area contributed by atoms with E-state index in [-0.39, 0.29) is 16.2 Å². The van der Waals surface area contributed by atoms with Crippen LogP contribution >= 0.6 is 0 Å². The van der Waals surface area contributed by atoms with Gasteiger partial charge in [-0.1, -0.05) is 20.8 Å². The fourth-order valence-corrected chi connectivity index (χ4v) is 3.24. The Balaban J connectivity index is 1.93. The lowest BCUT2D eigenvalue weighted by atomic mass is 9.85. The van der Waals surface area contributed by atoms with Crippen LogP contribution in [0.4, 0.5) is 0 Å². The standard InChI is InChI=1S/C17H33BN2O3Si/c1-15(2,3)24(8,9)21-13-12-20-11-10-14(19-20)18-22-16(4,5)17(6,7)23-18/h10-11H,12-13H2,1-9H3. The van der Waals surface area contributed by atoms with Crippen molar-refractivity contribution in [3.05, 3.63) is 12.3 Å². The highest BCUT2D eigenvalue weighted by molar-refractivity contribution is 6.74. The van der Waals surface area contributed by atoms with Crippen molar-refractivity contribution in [2.45, 2.75) is 84.3 Å². The van der Waals surface area contributed by atoms with Gasteiger partial charge in [0.15, 0.2) is 8.32 Å². The Morgan fingerprint density at radius 2 is 1.71 bits per heavy atom. The van der Waals surface area contributed by atoms with E-state index in [1.807, 2.05) is 16.9 Å². The molecule has 0 aromatic carbocycles. The van der Waals surface area contributed by atoms with E-state index in [9.17, 15) is 0 Å². The van der Waals surface area contributed by atoms with E-state index in [0.717, 1.165) is 12.1 Å². The minimum atomic E-state index is -1.71. The van der Waals surface area contributed by atoms with Crippen LogP contribution < -0.4 is 5.59 Å². The summed E-state index contributed by atoms with van der Waals surface area (Å²) in [6.07, 6.45) is 1.97. The molecule has 0 unspecified atom stereocenters. The summed E-state index contributed by atoms with van der Waals surface area (Å²) in [5, 5.41) is 4.83. The molecule has 0 N–H and O–H groups in total. The SMILES string of the molecule is CC1(C)OB(c2ccn(CCO[Si](C)(C)C(C)(C)C)n2)OC1(C)C. The topological polar surface area (TPSA) is 45.5 Å². The van der Waals surface area contributed by atoms with Gasteiger partial charge in [0.1, 0.15) is 0 Å². The number of hydrogen-bond donors (Lipinski definition) is 0. The molecular weight excluding hydrogens is 319 g/mol. The highest BCUT2D eigenvalue weighted by Crippen LogP contribution is 2.37. The Morgan fingerprint density at radius 1 is 1.17 bits per heavy atom. The quantitative estimate of drug-likeness (QED) is 0.764. The molecule has 1 fully saturated rings. The zero-order chi connectivity index (χ0) is 18.4. The summed E-state index contributed by atoms with van der Waals surface area (Å²) in [6, 6.07) is 1.97. The summed E-state index contributed by atoms with van der Waals surface area (Å²) in [5.41, 5.74) is 0.140. The predicted octanol–water partition coefficient (Wildman–Crippen LogP) is 3.20. The smallest absolute Gasteiger partial charge is 0.415 e. The summed E-state index contributed by atoms with van der Waals surface area (Å²) in [5.74, 6) is 0. The van der Waals surface area contributed by atoms with Crippen LogP contribution in [-0.2, 0) is 20.3 Å². The fraction of sp³-hybridized carbons (Fsp3) is 0.824. The van der Waals surface area contributed by atoms with Crippen molar-refractivity contribution in [2.75, 3.05) is 6.61 Å². The van der Waals surface area contributed by atoms with Crippen LogP contribution in [0.25, 0.3) is 0 Å². The molecule has 24 heavy (non-hydrogen) atoms. The van der Waals surface area contributed by atoms with Gasteiger partial charge in [-0.3, -0.25) is 4.68 Å². The average Bonchev–Trinajstić information content (AvgIpc) is 2.91. The van der Waals surface area contributed by atoms with Gasteiger partial charge in [0.2, 0.25) is 0 Å². The normalized spacial score (nSPS) is 20.6. The first-order chi connectivity index (χ1) is 10.8. The van der Waals surface area contributed by atoms with Gasteiger partial charge < -0.3 is 13.7 Å². The number of hydrogen-bond acceptors (Lipinski definition) is 4. The highest BCUT2D eigenvalue weighted by Gasteiger charge is 2.52. The Hall–Kier alpha value is -0.628. The molecule has 0 bridgehead atoms. The van der Waals surface area contributed by atoms with Crippen molar-refractivity contribution in [1.29, 1.82) is 0 Å². The molecule has 1 aromatic rings. The lowest BCUT2D eigenvalue weighted by Gasteiger charge is -2.36. The van der Waals surface area contributed by atoms with Crippen molar-refractivity contribution in [1.82, 2.24) is 9.78 Å². The van der Waals surface area contributed by atoms with Crippen molar-refractivity contribution in [3.63, 3.8) is 0 Å². The first kappa shape index (κ1) is 19.7. The maximum absolute atomic E-state index is 6.21. The summed E-state index contributed by atoms with van der Waals surface area (Å²) in [4.78, 5) is 0. The van der Waals surface area contributed by atoms with Gasteiger partial charge in [-0.25, -0.2) is 0 Å². The zero-order valence-corrected chi connectivity index (χ0v) is 17.8. The first-order valence-corrected chi connectivity index (χ1v) is 11.7. The van der Waals surface area contributed by atoms with E-state index in [0.29, 0.717) is 6.61 Å². The lowest BCUT2D eigenvalue weighted by Crippen LogP contribution is -2.41. The van der Waals surface area contributed by atoms with Gasteiger partial charge in [0.25, 0.3) is 0 Å². The molecule has 1 saturated heterocycles. The highest BCUT2D eigenvalue weighted by atomic mass is 28.4. The van der Waals surface area contributed by atoms with Gasteiger partial charge >= 0.3 is 7.12 Å². The molecule has 5 nitrogen and oxygen atoms in total. The number of rotatable bonds is 5. The number of nitrogens with zero attached hydrogens (tertiary/aromatic N) is 2. The van der Waals surface area contributed by atoms with E-state index in [1.54, 1.807) is 0 Å². The molecule has 0 saturated carbocycles. The Bertz CT molecular complexity index is 563. The van der Waals surface area contributed by atoms with Gasteiger partial charge in [-0.2, -0.15) is 5.10 Å². The minimum absolute atomic E-state index is 0.227. The zero-order valence-electron chi connectivity index (χ0n) is 16.8. The van der Waals surface area contributed by atoms with Crippen molar-refractivity contribution in [2.24, 2.45) is 0 Å². The van der Waals surface area contributed by atoms with Crippen LogP contribution in [-0.4, -0.2) is 43.0 Å². The Labute approximate surface area is 148 Å². The molecule has 1 aromatic heterocycles. The summed E-state index contributed by atoms with van der Waals surface area (Å²) in [7, 11) is -2.11. The summed E-state index contributed by atoms with van der Waals surface area (Å²) >= 11 is 0. The second-order valence-electron chi connectivity index (χ2n) is 9.20. The molecule has 7 heteroatoms. The fourth-order valence-electron chi connectivity index (χ4n) is 2.20. The van der Waals surface area contributed by atoms with Gasteiger partial charge in [0.05, 0.1) is 29.9 Å². The van der Waals surface area contributed by atoms with Crippen LogP contribution in [0.5, 0.6) is 0 Å². The van der Waals surface area contributed by atoms with Crippen LogP contribution in [0.3, 0.4) is 0 Å². The van der Waals surface area contributed by atoms with Crippen LogP contribution in [0.2, 0.25) is 18.1 Å². The van der Waals surface area contributed by atoms with E-state index in [2.05, 4.69) is 66.7 Å². The first-order valence-electron chi connectivity index (χ1n) is 8.78. The molecule has 1 aliphatic rings. The lowest BCUT2D eigenvalue weighted by molar-refractivity contribution is 0.00578. The molecule has 0 atom stereocenters. The van der Waals surface area contributed by atoms with Crippen LogP contribution in [0, 0.1) is 0 Å². The predicted molar refractivity (Wildman–Crippen MR) is 101 cm³/mol. The third-order valence-electron chi connectivity index (χ3n) is 5.75. The molecule has 1 aliphatic heterocycles. The summed E-state index contributed by atoms with van der Waals surface area (Å²) in [6.45, 7) is 20.9. The third-order valence-corrected chi connectivity index (χ3v) is 10.3. The minimum Gasteiger partial charge on any atom is -0.415 e. The molecule has 0 amide bonds. The maximum atomic E-state index is 6.21. The average molecular weight is 352 g/mol. The van der Waals surface area contributed by atoms with Gasteiger partial charge in [0, 0.05) is 6.20 Å². The van der Waals surface area contributed by atoms with Gasteiger partial charge in [-0.15, -0.1) is 0 Å². The van der Waals surface area contributed by atoms with Gasteiger partial charge in [-0.05, 0) is 51.9 Å². The second kappa shape index (κ2) is 6.27. The van der Waals surface area contributed by atoms with Crippen molar-refractivity contribution < 1.29 is 13.7 Å². The maximum Gasteiger partial charge on any atom is 0.516 e. The van der Waals surface area contributed by atoms with E-state index in [4.69, 9.17) is 13.7 Å². The molecule has 0 spiro atoms. The van der Waals surface area contributed by atoms with Crippen LogP contribution in [0.1, 0.15) is 48.5 Å². The van der Waals surface area contributed by atoms with E-state index >= 15 is 0 Å². The van der Waals surface area contributed by atoms with E-state index in [1.165, 1.54) is 0 Å². The largest absolute Gasteiger partial charge is 0.516 e. The second-order valence-corrected chi connectivity index (χ2v) is 14.0. The van der Waals surface area contributed by atoms with E-state index < -0.39 is 15.4 Å². The molecule has 2 heterocycles. The third kappa shape index (κ3) is 3.95. The molecular formula is C17H33BN2O3Si. The molecule has 136 valence electrons. The van der Waals surface area contributed by atoms with Crippen molar-refractivity contribution in [3.8, 4) is 0 Å². The molecule has 2 rings (SSSR count). The van der Waals surface area contributed by atoms with Crippen molar-refractivity contribution >= 4 is 21.0 Å². The van der Waals surface area contributed by atoms with Crippen LogP contribution in [0.15, 0.2) is 12.3 Å². The monoisotopic (exact) mass is 352 g/mol. The molecule has 0 radical (unpaired) electrons. The summed E-state index contributed by atoms with van der Waals surface area (Å²) < 4.78 is 20.2. The molecule has 0 aliphatic carbocycles.